The first-order valence-electron chi connectivity index (χ1n) is 6.37. The van der Waals surface area contributed by atoms with Crippen molar-refractivity contribution < 1.29 is 13.2 Å². The van der Waals surface area contributed by atoms with Gasteiger partial charge in [0.1, 0.15) is 5.01 Å². The predicted molar refractivity (Wildman–Crippen MR) is 81.4 cm³/mol. The average molecular weight is 325 g/mol. The molecule has 2 aromatic rings. The van der Waals surface area contributed by atoms with Crippen molar-refractivity contribution >= 4 is 32.2 Å². The highest BCUT2D eigenvalue weighted by Gasteiger charge is 2.22. The van der Waals surface area contributed by atoms with Crippen LogP contribution in [0.25, 0.3) is 0 Å². The Morgan fingerprint density at radius 2 is 2.00 bits per heavy atom. The van der Waals surface area contributed by atoms with Crippen LogP contribution >= 0.6 is 11.3 Å². The zero-order chi connectivity index (χ0) is 15.5. The first kappa shape index (κ1) is 15.6. The van der Waals surface area contributed by atoms with Crippen LogP contribution in [0.4, 0.5) is 5.13 Å². The van der Waals surface area contributed by atoms with Gasteiger partial charge in [0.25, 0.3) is 5.91 Å². The number of sulfone groups is 1. The standard InChI is InChI=1S/C13H15N3O3S2/c1-3-8-21(18,19)11-7-5-4-6-10(11)12(17)14-13-16-15-9(2)20-13/h4-7H,3,8H2,1-2H3,(H,14,16,17). The van der Waals surface area contributed by atoms with Gasteiger partial charge in [-0.2, -0.15) is 0 Å². The normalized spacial score (nSPS) is 11.3. The van der Waals surface area contributed by atoms with Gasteiger partial charge < -0.3 is 0 Å². The molecule has 0 aliphatic heterocycles. The van der Waals surface area contributed by atoms with Gasteiger partial charge in [-0.1, -0.05) is 30.4 Å². The van der Waals surface area contributed by atoms with Gasteiger partial charge in [0.05, 0.1) is 16.2 Å². The van der Waals surface area contributed by atoms with Gasteiger partial charge in [-0.05, 0) is 25.5 Å². The highest BCUT2D eigenvalue weighted by molar-refractivity contribution is 7.91. The Morgan fingerprint density at radius 3 is 2.62 bits per heavy atom. The summed E-state index contributed by atoms with van der Waals surface area (Å²) in [7, 11) is -3.47. The highest BCUT2D eigenvalue weighted by atomic mass is 32.2. The second-order valence-electron chi connectivity index (χ2n) is 4.40. The van der Waals surface area contributed by atoms with Crippen LogP contribution in [-0.2, 0) is 9.84 Å². The fourth-order valence-corrected chi connectivity index (χ4v) is 3.94. The van der Waals surface area contributed by atoms with E-state index in [2.05, 4.69) is 15.5 Å². The minimum Gasteiger partial charge on any atom is -0.296 e. The molecule has 0 atom stereocenters. The molecule has 0 bridgehead atoms. The number of anilines is 1. The number of hydrogen-bond acceptors (Lipinski definition) is 6. The molecule has 1 heterocycles. The van der Waals surface area contributed by atoms with Crippen molar-refractivity contribution in [2.75, 3.05) is 11.1 Å². The van der Waals surface area contributed by atoms with E-state index < -0.39 is 15.7 Å². The van der Waals surface area contributed by atoms with E-state index in [1.54, 1.807) is 26.0 Å². The molecule has 8 heteroatoms. The molecule has 0 aliphatic carbocycles. The Balaban J connectivity index is 2.34. The molecule has 0 unspecified atom stereocenters. The monoisotopic (exact) mass is 325 g/mol. The Kier molecular flexibility index (Phi) is 4.69. The number of aromatic nitrogens is 2. The van der Waals surface area contributed by atoms with Gasteiger partial charge >= 0.3 is 0 Å². The van der Waals surface area contributed by atoms with Crippen LogP contribution in [0, 0.1) is 6.92 Å². The number of nitrogens with one attached hydrogen (secondary N) is 1. The third kappa shape index (κ3) is 3.64. The van der Waals surface area contributed by atoms with Crippen LogP contribution in [0.15, 0.2) is 29.2 Å². The fourth-order valence-electron chi connectivity index (χ4n) is 1.82. The van der Waals surface area contributed by atoms with E-state index in [9.17, 15) is 13.2 Å². The Morgan fingerprint density at radius 1 is 1.29 bits per heavy atom. The number of nitrogens with zero attached hydrogens (tertiary/aromatic N) is 2. The van der Waals surface area contributed by atoms with Crippen LogP contribution in [0.2, 0.25) is 0 Å². The number of amides is 1. The summed E-state index contributed by atoms with van der Waals surface area (Å²) in [4.78, 5) is 12.3. The van der Waals surface area contributed by atoms with Gasteiger partial charge in [0.2, 0.25) is 5.13 Å². The lowest BCUT2D eigenvalue weighted by atomic mass is 10.2. The van der Waals surface area contributed by atoms with Gasteiger partial charge in [0.15, 0.2) is 9.84 Å². The molecule has 112 valence electrons. The topological polar surface area (TPSA) is 89.0 Å². The molecule has 0 saturated heterocycles. The van der Waals surface area contributed by atoms with Gasteiger partial charge in [0, 0.05) is 0 Å². The summed E-state index contributed by atoms with van der Waals surface area (Å²) in [6, 6.07) is 6.18. The zero-order valence-electron chi connectivity index (χ0n) is 11.7. The third-order valence-corrected chi connectivity index (χ3v) is 5.41. The molecule has 0 saturated carbocycles. The minimum absolute atomic E-state index is 0.00914. The summed E-state index contributed by atoms with van der Waals surface area (Å²) >= 11 is 1.23. The van der Waals surface area contributed by atoms with Crippen molar-refractivity contribution in [1.82, 2.24) is 10.2 Å². The lowest BCUT2D eigenvalue weighted by molar-refractivity contribution is 0.102. The number of benzene rings is 1. The SMILES string of the molecule is CCCS(=O)(=O)c1ccccc1C(=O)Nc1nnc(C)s1. The lowest BCUT2D eigenvalue weighted by Crippen LogP contribution is -2.17. The van der Waals surface area contributed by atoms with Crippen LogP contribution < -0.4 is 5.32 Å². The molecule has 0 fully saturated rings. The summed E-state index contributed by atoms with van der Waals surface area (Å²) < 4.78 is 24.4. The molecule has 0 spiro atoms. The molecular weight excluding hydrogens is 310 g/mol. The first-order chi connectivity index (χ1) is 9.94. The summed E-state index contributed by atoms with van der Waals surface area (Å²) in [5.41, 5.74) is 0.124. The summed E-state index contributed by atoms with van der Waals surface area (Å²) in [6.07, 6.45) is 0.494. The van der Waals surface area contributed by atoms with Gasteiger partial charge in [-0.3, -0.25) is 10.1 Å². The first-order valence-corrected chi connectivity index (χ1v) is 8.84. The summed E-state index contributed by atoms with van der Waals surface area (Å²) in [5.74, 6) is -0.490. The predicted octanol–water partition coefficient (Wildman–Crippen LogP) is 2.28. The van der Waals surface area contributed by atoms with E-state index in [0.29, 0.717) is 11.6 Å². The molecule has 1 amide bonds. The molecule has 6 nitrogen and oxygen atoms in total. The van der Waals surface area contributed by atoms with Crippen LogP contribution in [0.1, 0.15) is 28.7 Å². The Hall–Kier alpha value is -1.80. The van der Waals surface area contributed by atoms with Crippen LogP contribution in [0.3, 0.4) is 0 Å². The largest absolute Gasteiger partial charge is 0.296 e. The molecule has 1 aromatic carbocycles. The summed E-state index contributed by atoms with van der Waals surface area (Å²) in [6.45, 7) is 3.55. The number of carbonyl (C=O) groups is 1. The van der Waals surface area contributed by atoms with Crippen molar-refractivity contribution in [2.24, 2.45) is 0 Å². The van der Waals surface area contributed by atoms with Crippen molar-refractivity contribution in [3.63, 3.8) is 0 Å². The van der Waals surface area contributed by atoms with Crippen LogP contribution in [0.5, 0.6) is 0 Å². The maximum absolute atomic E-state index is 12.3. The van der Waals surface area contributed by atoms with Crippen molar-refractivity contribution in [3.05, 3.63) is 34.8 Å². The maximum atomic E-state index is 12.3. The van der Waals surface area contributed by atoms with Crippen molar-refractivity contribution in [1.29, 1.82) is 0 Å². The van der Waals surface area contributed by atoms with Crippen molar-refractivity contribution in [2.45, 2.75) is 25.2 Å². The molecule has 21 heavy (non-hydrogen) atoms. The molecule has 2 rings (SSSR count). The number of carbonyl (C=O) groups excluding carboxylic acids is 1. The number of aryl methyl sites for hydroxylation is 1. The molecule has 1 N–H and O–H groups in total. The smallest absolute Gasteiger partial charge is 0.258 e. The van der Waals surface area contributed by atoms with E-state index >= 15 is 0 Å². The molecule has 0 radical (unpaired) electrons. The second-order valence-corrected chi connectivity index (χ2v) is 7.65. The average Bonchev–Trinajstić information content (AvgIpc) is 2.84. The minimum atomic E-state index is -3.47. The molecule has 0 aliphatic rings. The lowest BCUT2D eigenvalue weighted by Gasteiger charge is -2.09. The van der Waals surface area contributed by atoms with E-state index in [0.717, 1.165) is 5.01 Å². The Labute approximate surface area is 127 Å². The van der Waals surface area contributed by atoms with E-state index in [1.165, 1.54) is 23.5 Å². The summed E-state index contributed by atoms with van der Waals surface area (Å²) in [5, 5.41) is 11.2. The van der Waals surface area contributed by atoms with E-state index in [-0.39, 0.29) is 16.2 Å². The van der Waals surface area contributed by atoms with Crippen molar-refractivity contribution in [3.8, 4) is 0 Å². The van der Waals surface area contributed by atoms with Gasteiger partial charge in [-0.15, -0.1) is 10.2 Å². The Bertz CT molecular complexity index is 754. The van der Waals surface area contributed by atoms with Crippen LogP contribution in [-0.4, -0.2) is 30.3 Å². The molecule has 1 aromatic heterocycles. The molecular formula is C13H15N3O3S2. The number of rotatable bonds is 5. The quantitative estimate of drug-likeness (QED) is 0.911. The second kappa shape index (κ2) is 6.31. The number of hydrogen-bond donors (Lipinski definition) is 1. The van der Waals surface area contributed by atoms with E-state index in [4.69, 9.17) is 0 Å². The zero-order valence-corrected chi connectivity index (χ0v) is 13.3. The third-order valence-electron chi connectivity index (χ3n) is 2.69. The maximum Gasteiger partial charge on any atom is 0.258 e. The van der Waals surface area contributed by atoms with Gasteiger partial charge in [-0.25, -0.2) is 8.42 Å². The fraction of sp³-hybridized carbons (Fsp3) is 0.308. The van der Waals surface area contributed by atoms with E-state index in [1.807, 2.05) is 0 Å². The highest BCUT2D eigenvalue weighted by Crippen LogP contribution is 2.20.